The summed E-state index contributed by atoms with van der Waals surface area (Å²) in [5.74, 6) is 0.557. The molecular weight excluding hydrogens is 428 g/mol. The van der Waals surface area contributed by atoms with Crippen molar-refractivity contribution in [3.05, 3.63) is 80.1 Å². The molecule has 0 bridgehead atoms. The lowest BCUT2D eigenvalue weighted by Crippen LogP contribution is -2.29. The van der Waals surface area contributed by atoms with Crippen molar-refractivity contribution in [1.82, 2.24) is 4.98 Å². The van der Waals surface area contributed by atoms with Gasteiger partial charge in [-0.3, -0.25) is 14.5 Å². The van der Waals surface area contributed by atoms with Crippen molar-refractivity contribution in [3.63, 3.8) is 0 Å². The maximum absolute atomic E-state index is 13.8. The number of ether oxygens (including phenoxy) is 2. The summed E-state index contributed by atoms with van der Waals surface area (Å²) in [5.41, 5.74) is 2.99. The van der Waals surface area contributed by atoms with E-state index >= 15 is 0 Å². The number of anilines is 1. The van der Waals surface area contributed by atoms with E-state index in [0.29, 0.717) is 33.2 Å². The highest BCUT2D eigenvalue weighted by Gasteiger charge is 2.46. The molecule has 1 atom stereocenters. The number of fused-ring (bicyclic) bond motifs is 2. The Morgan fingerprint density at radius 3 is 2.56 bits per heavy atom. The van der Waals surface area contributed by atoms with Gasteiger partial charge < -0.3 is 13.9 Å². The highest BCUT2D eigenvalue weighted by molar-refractivity contribution is 7.13. The van der Waals surface area contributed by atoms with Crippen LogP contribution in [0.25, 0.3) is 11.0 Å². The topological polar surface area (TPSA) is 81.9 Å². The van der Waals surface area contributed by atoms with Crippen LogP contribution in [0.5, 0.6) is 11.5 Å². The molecule has 0 N–H and O–H groups in total. The van der Waals surface area contributed by atoms with E-state index < -0.39 is 11.9 Å². The largest absolute Gasteiger partial charge is 0.493 e. The van der Waals surface area contributed by atoms with Crippen LogP contribution >= 0.6 is 11.3 Å². The molecule has 3 heterocycles. The Balaban J connectivity index is 1.87. The molecule has 0 saturated heterocycles. The van der Waals surface area contributed by atoms with Crippen LogP contribution in [0.3, 0.4) is 0 Å². The number of rotatable bonds is 4. The van der Waals surface area contributed by atoms with Crippen molar-refractivity contribution >= 4 is 33.3 Å². The molecule has 0 spiro atoms. The molecule has 0 saturated carbocycles. The number of aromatic nitrogens is 1. The Morgan fingerprint density at radius 1 is 1.09 bits per heavy atom. The lowest BCUT2D eigenvalue weighted by Gasteiger charge is -2.24. The molecule has 0 fully saturated rings. The van der Waals surface area contributed by atoms with Crippen molar-refractivity contribution in [1.29, 1.82) is 0 Å². The van der Waals surface area contributed by atoms with Gasteiger partial charge in [-0.25, -0.2) is 4.98 Å². The zero-order valence-electron chi connectivity index (χ0n) is 18.0. The van der Waals surface area contributed by atoms with Gasteiger partial charge in [-0.05, 0) is 43.2 Å². The van der Waals surface area contributed by atoms with Gasteiger partial charge in [0.1, 0.15) is 11.6 Å². The number of aryl methyl sites for hydroxylation is 2. The molecule has 0 unspecified atom stereocenters. The molecule has 1 aliphatic heterocycles. The van der Waals surface area contributed by atoms with E-state index in [1.165, 1.54) is 23.3 Å². The first-order valence-electron chi connectivity index (χ1n) is 9.98. The quantitative estimate of drug-likeness (QED) is 0.453. The average molecular weight is 449 g/mol. The van der Waals surface area contributed by atoms with Crippen LogP contribution in [0, 0.1) is 13.8 Å². The smallest absolute Gasteiger partial charge is 0.297 e. The number of thiazole rings is 1. The van der Waals surface area contributed by atoms with Gasteiger partial charge in [0, 0.05) is 17.1 Å². The highest BCUT2D eigenvalue weighted by Crippen LogP contribution is 2.46. The number of carbonyl (C=O) groups excluding carboxylic acids is 1. The molecule has 8 heteroatoms. The third-order valence-electron chi connectivity index (χ3n) is 5.84. The third-order valence-corrected chi connectivity index (χ3v) is 6.61. The second kappa shape index (κ2) is 7.49. The summed E-state index contributed by atoms with van der Waals surface area (Å²) < 4.78 is 17.2. The fourth-order valence-electron chi connectivity index (χ4n) is 4.18. The monoisotopic (exact) mass is 448 g/mol. The van der Waals surface area contributed by atoms with E-state index in [1.807, 2.05) is 26.0 Å². The van der Waals surface area contributed by atoms with Crippen LogP contribution in [0.2, 0.25) is 0 Å². The van der Waals surface area contributed by atoms with Crippen molar-refractivity contribution in [2.24, 2.45) is 0 Å². The van der Waals surface area contributed by atoms with Crippen LogP contribution in [0.15, 0.2) is 51.1 Å². The fourth-order valence-corrected chi connectivity index (χ4v) is 4.85. The Bertz CT molecular complexity index is 1420. The molecule has 1 amide bonds. The van der Waals surface area contributed by atoms with Crippen molar-refractivity contribution in [2.75, 3.05) is 19.1 Å². The molecule has 0 radical (unpaired) electrons. The molecule has 7 nitrogen and oxygen atoms in total. The summed E-state index contributed by atoms with van der Waals surface area (Å²) in [5, 5.41) is 2.68. The summed E-state index contributed by atoms with van der Waals surface area (Å²) in [4.78, 5) is 33.2. The molecule has 162 valence electrons. The normalized spacial score (nSPS) is 15.3. The average Bonchev–Trinajstić information content (AvgIpc) is 3.41. The Hall–Kier alpha value is -3.65. The van der Waals surface area contributed by atoms with E-state index in [0.717, 1.165) is 11.1 Å². The van der Waals surface area contributed by atoms with Crippen LogP contribution < -0.4 is 19.8 Å². The Kier molecular flexibility index (Phi) is 4.74. The van der Waals surface area contributed by atoms with Crippen LogP contribution in [0.4, 0.5) is 5.13 Å². The standard InChI is InChI=1S/C24H20N2O5S/c1-12-10-15-17(11-13(12)2)31-22-18(20(15)27)19(26(23(22)28)24-25-8-9-32-24)14-6-5-7-16(29-3)21(14)30-4/h5-11,19H,1-4H3/t19-/m0/s1. The first-order chi connectivity index (χ1) is 15.5. The van der Waals surface area contributed by atoms with Gasteiger partial charge >= 0.3 is 0 Å². The first kappa shape index (κ1) is 20.3. The lowest BCUT2D eigenvalue weighted by molar-refractivity contribution is 0.0970. The van der Waals surface area contributed by atoms with E-state index in [1.54, 1.807) is 36.9 Å². The van der Waals surface area contributed by atoms with Gasteiger partial charge in [0.15, 0.2) is 22.1 Å². The SMILES string of the molecule is COc1cccc([C@H]2c3c(oc4cc(C)c(C)cc4c3=O)C(=O)N2c2nccs2)c1OC. The zero-order chi connectivity index (χ0) is 22.6. The number of nitrogens with zero attached hydrogens (tertiary/aromatic N) is 2. The zero-order valence-corrected chi connectivity index (χ0v) is 18.8. The second-order valence-corrected chi connectivity index (χ2v) is 8.45. The van der Waals surface area contributed by atoms with Gasteiger partial charge in [0.2, 0.25) is 5.76 Å². The third kappa shape index (κ3) is 2.83. The minimum Gasteiger partial charge on any atom is -0.493 e. The van der Waals surface area contributed by atoms with Crippen LogP contribution in [0.1, 0.15) is 38.9 Å². The van der Waals surface area contributed by atoms with Gasteiger partial charge in [-0.15, -0.1) is 11.3 Å². The van der Waals surface area contributed by atoms with E-state index in [-0.39, 0.29) is 16.8 Å². The number of methoxy groups -OCH3 is 2. The summed E-state index contributed by atoms with van der Waals surface area (Å²) in [6.45, 7) is 3.88. The molecule has 32 heavy (non-hydrogen) atoms. The Morgan fingerprint density at radius 2 is 1.88 bits per heavy atom. The van der Waals surface area contributed by atoms with Crippen molar-refractivity contribution in [3.8, 4) is 11.5 Å². The molecular formula is C24H20N2O5S. The van der Waals surface area contributed by atoms with Crippen molar-refractivity contribution < 1.29 is 18.7 Å². The predicted molar refractivity (Wildman–Crippen MR) is 122 cm³/mol. The summed E-state index contributed by atoms with van der Waals surface area (Å²) in [6.07, 6.45) is 1.62. The minimum absolute atomic E-state index is 0.0239. The molecule has 4 aromatic rings. The minimum atomic E-state index is -0.768. The number of benzene rings is 2. The fraction of sp³-hybridized carbons (Fsp3) is 0.208. The highest BCUT2D eigenvalue weighted by atomic mass is 32.1. The number of para-hydroxylation sites is 1. The number of hydrogen-bond donors (Lipinski definition) is 0. The number of carbonyl (C=O) groups is 1. The summed E-state index contributed by atoms with van der Waals surface area (Å²) >= 11 is 1.31. The second-order valence-electron chi connectivity index (χ2n) is 7.58. The van der Waals surface area contributed by atoms with E-state index in [4.69, 9.17) is 13.9 Å². The molecule has 2 aromatic carbocycles. The Labute approximate surface area is 187 Å². The molecule has 5 rings (SSSR count). The molecule has 2 aromatic heterocycles. The van der Waals surface area contributed by atoms with Gasteiger partial charge in [0.25, 0.3) is 5.91 Å². The maximum atomic E-state index is 13.8. The summed E-state index contributed by atoms with van der Waals surface area (Å²) in [6, 6.07) is 8.23. The number of amides is 1. The summed E-state index contributed by atoms with van der Waals surface area (Å²) in [7, 11) is 3.07. The first-order valence-corrected chi connectivity index (χ1v) is 10.9. The van der Waals surface area contributed by atoms with Crippen LogP contribution in [-0.4, -0.2) is 25.1 Å². The van der Waals surface area contributed by atoms with Crippen molar-refractivity contribution in [2.45, 2.75) is 19.9 Å². The van der Waals surface area contributed by atoms with Gasteiger partial charge in [-0.1, -0.05) is 12.1 Å². The van der Waals surface area contributed by atoms with Crippen LogP contribution in [-0.2, 0) is 0 Å². The maximum Gasteiger partial charge on any atom is 0.297 e. The van der Waals surface area contributed by atoms with E-state index in [2.05, 4.69) is 4.98 Å². The van der Waals surface area contributed by atoms with E-state index in [9.17, 15) is 9.59 Å². The number of hydrogen-bond acceptors (Lipinski definition) is 7. The predicted octanol–water partition coefficient (Wildman–Crippen LogP) is 4.63. The van der Waals surface area contributed by atoms with Gasteiger partial charge in [-0.2, -0.15) is 0 Å². The van der Waals surface area contributed by atoms with Gasteiger partial charge in [0.05, 0.1) is 25.2 Å². The molecule has 0 aliphatic carbocycles. The lowest BCUT2D eigenvalue weighted by atomic mass is 9.96. The molecule has 1 aliphatic rings.